The van der Waals surface area contributed by atoms with Crippen LogP contribution in [0, 0.1) is 0 Å². The highest BCUT2D eigenvalue weighted by Crippen LogP contribution is 2.13. The van der Waals surface area contributed by atoms with Crippen molar-refractivity contribution in [1.29, 1.82) is 0 Å². The molecule has 0 heterocycles. The number of carbonyl (C=O) groups is 3. The Bertz CT molecular complexity index is 814. The zero-order valence-corrected chi connectivity index (χ0v) is 16.1. The first kappa shape index (κ1) is 21.0. The molecule has 0 fully saturated rings. The Morgan fingerprint density at radius 1 is 0.893 bits per heavy atom. The Morgan fingerprint density at radius 2 is 1.46 bits per heavy atom. The Kier molecular flexibility index (Phi) is 7.56. The number of carbonyl (C=O) groups excluding carboxylic acids is 3. The maximum atomic E-state index is 12.2. The van der Waals surface area contributed by atoms with E-state index in [1.165, 1.54) is 36.3 Å². The van der Waals surface area contributed by atoms with Crippen molar-refractivity contribution < 1.29 is 28.6 Å². The fraction of sp³-hybridized carbons (Fsp3) is 0.286. The first-order valence-electron chi connectivity index (χ1n) is 8.75. The van der Waals surface area contributed by atoms with Crippen LogP contribution in [-0.4, -0.2) is 50.1 Å². The molecular formula is C21H23NO6. The van der Waals surface area contributed by atoms with Gasteiger partial charge in [0.15, 0.2) is 6.61 Å². The van der Waals surface area contributed by atoms with E-state index in [2.05, 4.69) is 4.74 Å². The van der Waals surface area contributed by atoms with E-state index in [9.17, 15) is 14.4 Å². The maximum absolute atomic E-state index is 12.2. The van der Waals surface area contributed by atoms with Gasteiger partial charge in [0.1, 0.15) is 5.75 Å². The van der Waals surface area contributed by atoms with Gasteiger partial charge >= 0.3 is 11.9 Å². The Hall–Kier alpha value is -3.35. The van der Waals surface area contributed by atoms with Gasteiger partial charge in [0.05, 0.1) is 24.8 Å². The van der Waals surface area contributed by atoms with Gasteiger partial charge in [-0.05, 0) is 48.9 Å². The van der Waals surface area contributed by atoms with E-state index < -0.39 is 11.9 Å². The van der Waals surface area contributed by atoms with Gasteiger partial charge in [0.2, 0.25) is 0 Å². The topological polar surface area (TPSA) is 82.1 Å². The van der Waals surface area contributed by atoms with Gasteiger partial charge in [-0.1, -0.05) is 12.1 Å². The molecular weight excluding hydrogens is 362 g/mol. The summed E-state index contributed by atoms with van der Waals surface area (Å²) in [5.41, 5.74) is 1.50. The SMILES string of the molecule is CCOc1ccc(CN(C)C(=O)COC(=O)c2ccc(C(=O)OC)cc2)cc1. The highest BCUT2D eigenvalue weighted by Gasteiger charge is 2.15. The highest BCUT2D eigenvalue weighted by atomic mass is 16.5. The van der Waals surface area contributed by atoms with Crippen LogP contribution in [0.1, 0.15) is 33.2 Å². The smallest absolute Gasteiger partial charge is 0.338 e. The quantitative estimate of drug-likeness (QED) is 0.650. The number of nitrogens with zero attached hydrogens (tertiary/aromatic N) is 1. The minimum absolute atomic E-state index is 0.245. The molecule has 0 saturated heterocycles. The third-order valence-corrected chi connectivity index (χ3v) is 3.95. The molecule has 7 nitrogen and oxygen atoms in total. The summed E-state index contributed by atoms with van der Waals surface area (Å²) in [6.45, 7) is 2.52. The number of esters is 2. The minimum Gasteiger partial charge on any atom is -0.494 e. The normalized spacial score (nSPS) is 10.1. The van der Waals surface area contributed by atoms with Gasteiger partial charge in [-0.3, -0.25) is 4.79 Å². The molecule has 148 valence electrons. The van der Waals surface area contributed by atoms with Crippen molar-refractivity contribution >= 4 is 17.8 Å². The molecule has 7 heteroatoms. The highest BCUT2D eigenvalue weighted by molar-refractivity contribution is 5.94. The lowest BCUT2D eigenvalue weighted by Crippen LogP contribution is -2.30. The number of rotatable bonds is 8. The van der Waals surface area contributed by atoms with Crippen molar-refractivity contribution in [3.8, 4) is 5.75 Å². The standard InChI is InChI=1S/C21H23NO6/c1-4-27-18-11-5-15(6-12-18)13-22(2)19(23)14-28-21(25)17-9-7-16(8-10-17)20(24)26-3/h5-12H,4,13-14H2,1-3H3. The van der Waals surface area contributed by atoms with Crippen LogP contribution in [-0.2, 0) is 20.8 Å². The van der Waals surface area contributed by atoms with Crippen LogP contribution in [0.25, 0.3) is 0 Å². The first-order valence-corrected chi connectivity index (χ1v) is 8.75. The average molecular weight is 385 g/mol. The lowest BCUT2D eigenvalue weighted by atomic mass is 10.1. The van der Waals surface area contributed by atoms with Gasteiger partial charge in [-0.2, -0.15) is 0 Å². The number of hydrogen-bond donors (Lipinski definition) is 0. The van der Waals surface area contributed by atoms with Crippen molar-refractivity contribution in [1.82, 2.24) is 4.90 Å². The van der Waals surface area contributed by atoms with E-state index >= 15 is 0 Å². The number of benzene rings is 2. The molecule has 0 aliphatic rings. The molecule has 0 N–H and O–H groups in total. The zero-order chi connectivity index (χ0) is 20.5. The van der Waals surface area contributed by atoms with Gasteiger partial charge in [-0.25, -0.2) is 9.59 Å². The molecule has 0 spiro atoms. The summed E-state index contributed by atoms with van der Waals surface area (Å²) < 4.78 is 15.0. The first-order chi connectivity index (χ1) is 13.4. The number of ether oxygens (including phenoxy) is 3. The molecule has 0 unspecified atom stereocenters. The molecule has 0 aliphatic heterocycles. The number of hydrogen-bond acceptors (Lipinski definition) is 6. The minimum atomic E-state index is -0.640. The summed E-state index contributed by atoms with van der Waals surface area (Å²) >= 11 is 0. The van der Waals surface area contributed by atoms with Gasteiger partial charge in [0, 0.05) is 13.6 Å². The third-order valence-electron chi connectivity index (χ3n) is 3.95. The van der Waals surface area contributed by atoms with E-state index in [0.717, 1.165) is 11.3 Å². The fourth-order valence-electron chi connectivity index (χ4n) is 2.40. The van der Waals surface area contributed by atoms with E-state index in [1.807, 2.05) is 31.2 Å². The summed E-state index contributed by atoms with van der Waals surface area (Å²) in [7, 11) is 2.91. The largest absolute Gasteiger partial charge is 0.494 e. The second-order valence-electron chi connectivity index (χ2n) is 5.97. The van der Waals surface area contributed by atoms with Crippen LogP contribution in [0.4, 0.5) is 0 Å². The maximum Gasteiger partial charge on any atom is 0.338 e. The predicted molar refractivity (Wildman–Crippen MR) is 102 cm³/mol. The van der Waals surface area contributed by atoms with Crippen LogP contribution in [0.15, 0.2) is 48.5 Å². The molecule has 0 aromatic heterocycles. The van der Waals surface area contributed by atoms with E-state index in [-0.39, 0.29) is 18.1 Å². The summed E-state index contributed by atoms with van der Waals surface area (Å²) in [5, 5.41) is 0. The number of methoxy groups -OCH3 is 1. The summed E-state index contributed by atoms with van der Waals surface area (Å²) in [4.78, 5) is 37.1. The molecule has 0 aliphatic carbocycles. The number of amides is 1. The summed E-state index contributed by atoms with van der Waals surface area (Å²) in [6, 6.07) is 13.3. The van der Waals surface area contributed by atoms with Gasteiger partial charge in [-0.15, -0.1) is 0 Å². The van der Waals surface area contributed by atoms with Crippen molar-refractivity contribution in [3.05, 3.63) is 65.2 Å². The van der Waals surface area contributed by atoms with E-state index in [1.54, 1.807) is 7.05 Å². The molecule has 0 radical (unpaired) electrons. The molecule has 1 amide bonds. The van der Waals surface area contributed by atoms with Crippen LogP contribution in [0.5, 0.6) is 5.75 Å². The monoisotopic (exact) mass is 385 g/mol. The fourth-order valence-corrected chi connectivity index (χ4v) is 2.40. The molecule has 0 saturated carbocycles. The summed E-state index contributed by atoms with van der Waals surface area (Å²) in [5.74, 6) is -0.689. The van der Waals surface area contributed by atoms with Crippen molar-refractivity contribution in [2.24, 2.45) is 0 Å². The van der Waals surface area contributed by atoms with Crippen molar-refractivity contribution in [3.63, 3.8) is 0 Å². The van der Waals surface area contributed by atoms with Crippen LogP contribution < -0.4 is 4.74 Å². The second kappa shape index (κ2) is 10.1. The summed E-state index contributed by atoms with van der Waals surface area (Å²) in [6.07, 6.45) is 0. The van der Waals surface area contributed by atoms with Crippen molar-refractivity contribution in [2.45, 2.75) is 13.5 Å². The zero-order valence-electron chi connectivity index (χ0n) is 16.1. The molecule has 2 aromatic rings. The van der Waals surface area contributed by atoms with Crippen LogP contribution >= 0.6 is 0 Å². The predicted octanol–water partition coefficient (Wildman–Crippen LogP) is 2.69. The molecule has 0 atom stereocenters. The Morgan fingerprint density at radius 3 is 2.00 bits per heavy atom. The lowest BCUT2D eigenvalue weighted by Gasteiger charge is -2.17. The van der Waals surface area contributed by atoms with E-state index in [4.69, 9.17) is 9.47 Å². The Balaban J connectivity index is 1.84. The molecule has 28 heavy (non-hydrogen) atoms. The van der Waals surface area contributed by atoms with Crippen LogP contribution in [0.2, 0.25) is 0 Å². The van der Waals surface area contributed by atoms with Crippen molar-refractivity contribution in [2.75, 3.05) is 27.4 Å². The molecule has 2 rings (SSSR count). The molecule has 2 aromatic carbocycles. The molecule has 0 bridgehead atoms. The second-order valence-corrected chi connectivity index (χ2v) is 5.97. The van der Waals surface area contributed by atoms with Crippen LogP contribution in [0.3, 0.4) is 0 Å². The number of likely N-dealkylation sites (N-methyl/N-ethyl adjacent to an activating group) is 1. The van der Waals surface area contributed by atoms with E-state index in [0.29, 0.717) is 18.7 Å². The average Bonchev–Trinajstić information content (AvgIpc) is 2.72. The third kappa shape index (κ3) is 5.84. The Labute approximate surface area is 163 Å². The van der Waals surface area contributed by atoms with Gasteiger partial charge < -0.3 is 19.1 Å². The lowest BCUT2D eigenvalue weighted by molar-refractivity contribution is -0.133. The van der Waals surface area contributed by atoms with Gasteiger partial charge in [0.25, 0.3) is 5.91 Å².